The molecule has 0 fully saturated rings. The van der Waals surface area contributed by atoms with E-state index in [1.54, 1.807) is 6.07 Å². The van der Waals surface area contributed by atoms with Crippen LogP contribution in [0.3, 0.4) is 0 Å². The second kappa shape index (κ2) is 5.39. The molecule has 0 aliphatic heterocycles. The SMILES string of the molecule is CC(C)(C)c1ccccc1C(=O)c1cc(Cl)c(Br)s1. The van der Waals surface area contributed by atoms with Crippen LogP contribution >= 0.6 is 38.9 Å². The fraction of sp³-hybridized carbons (Fsp3) is 0.267. The van der Waals surface area contributed by atoms with Crippen LogP contribution in [0.4, 0.5) is 0 Å². The summed E-state index contributed by atoms with van der Waals surface area (Å²) < 4.78 is 0.797. The molecular weight excluding hydrogens is 344 g/mol. The van der Waals surface area contributed by atoms with Crippen molar-refractivity contribution in [1.29, 1.82) is 0 Å². The van der Waals surface area contributed by atoms with Gasteiger partial charge in [-0.05, 0) is 33.0 Å². The van der Waals surface area contributed by atoms with Crippen LogP contribution in [0.5, 0.6) is 0 Å². The molecular formula is C15H14BrClOS. The van der Waals surface area contributed by atoms with Crippen LogP contribution < -0.4 is 0 Å². The summed E-state index contributed by atoms with van der Waals surface area (Å²) in [6.07, 6.45) is 0. The summed E-state index contributed by atoms with van der Waals surface area (Å²) in [6, 6.07) is 9.47. The zero-order valence-electron chi connectivity index (χ0n) is 11.0. The largest absolute Gasteiger partial charge is 0.288 e. The van der Waals surface area contributed by atoms with E-state index >= 15 is 0 Å². The standard InChI is InChI=1S/C15H14BrClOS/c1-15(2,3)10-7-5-4-6-9(10)13(18)12-8-11(17)14(16)19-12/h4-8H,1-3H3. The molecule has 0 saturated carbocycles. The van der Waals surface area contributed by atoms with Gasteiger partial charge in [0.15, 0.2) is 0 Å². The molecule has 0 aliphatic carbocycles. The number of hydrogen-bond donors (Lipinski definition) is 0. The Labute approximate surface area is 130 Å². The van der Waals surface area contributed by atoms with Crippen molar-refractivity contribution in [3.05, 3.63) is 55.1 Å². The molecule has 0 atom stereocenters. The first-order chi connectivity index (χ1) is 8.80. The summed E-state index contributed by atoms with van der Waals surface area (Å²) in [5.41, 5.74) is 1.74. The molecule has 0 amide bonds. The van der Waals surface area contributed by atoms with E-state index in [0.29, 0.717) is 9.90 Å². The second-order valence-corrected chi connectivity index (χ2v) is 8.13. The highest BCUT2D eigenvalue weighted by atomic mass is 79.9. The molecule has 4 heteroatoms. The van der Waals surface area contributed by atoms with Crippen LogP contribution in [-0.4, -0.2) is 5.78 Å². The Morgan fingerprint density at radius 3 is 2.42 bits per heavy atom. The van der Waals surface area contributed by atoms with Crippen LogP contribution in [0, 0.1) is 0 Å². The van der Waals surface area contributed by atoms with Gasteiger partial charge in [-0.2, -0.15) is 0 Å². The molecule has 1 aromatic heterocycles. The third-order valence-corrected chi connectivity index (χ3v) is 5.32. The number of rotatable bonds is 2. The highest BCUT2D eigenvalue weighted by Crippen LogP contribution is 2.35. The summed E-state index contributed by atoms with van der Waals surface area (Å²) >= 11 is 10.7. The van der Waals surface area contributed by atoms with E-state index in [1.807, 2.05) is 24.3 Å². The van der Waals surface area contributed by atoms with Crippen LogP contribution in [0.1, 0.15) is 41.6 Å². The van der Waals surface area contributed by atoms with Gasteiger partial charge in [0.05, 0.1) is 13.7 Å². The molecule has 0 radical (unpaired) electrons. The Bertz CT molecular complexity index is 606. The van der Waals surface area contributed by atoms with E-state index in [-0.39, 0.29) is 11.2 Å². The van der Waals surface area contributed by atoms with Gasteiger partial charge < -0.3 is 0 Å². The van der Waals surface area contributed by atoms with Crippen molar-refractivity contribution in [3.8, 4) is 0 Å². The Kier molecular flexibility index (Phi) is 4.19. The Hall–Kier alpha value is -0.640. The molecule has 1 aromatic carbocycles. The summed E-state index contributed by atoms with van der Waals surface area (Å²) in [5.74, 6) is 0.0307. The van der Waals surface area contributed by atoms with Crippen molar-refractivity contribution < 1.29 is 4.79 Å². The Morgan fingerprint density at radius 1 is 1.26 bits per heavy atom. The third-order valence-electron chi connectivity index (χ3n) is 2.85. The Balaban J connectivity index is 2.51. The monoisotopic (exact) mass is 356 g/mol. The number of halogens is 2. The number of ketones is 1. The van der Waals surface area contributed by atoms with Gasteiger partial charge in [0, 0.05) is 5.56 Å². The average Bonchev–Trinajstić information content (AvgIpc) is 2.68. The highest BCUT2D eigenvalue weighted by Gasteiger charge is 2.23. The van der Waals surface area contributed by atoms with Gasteiger partial charge in [-0.25, -0.2) is 0 Å². The lowest BCUT2D eigenvalue weighted by atomic mass is 9.82. The van der Waals surface area contributed by atoms with Gasteiger partial charge in [-0.3, -0.25) is 4.79 Å². The fourth-order valence-electron chi connectivity index (χ4n) is 1.93. The number of hydrogen-bond acceptors (Lipinski definition) is 2. The zero-order valence-corrected chi connectivity index (χ0v) is 14.1. The smallest absolute Gasteiger partial charge is 0.203 e. The first-order valence-corrected chi connectivity index (χ1v) is 7.88. The maximum absolute atomic E-state index is 12.6. The lowest BCUT2D eigenvalue weighted by Crippen LogP contribution is -2.16. The van der Waals surface area contributed by atoms with Crippen LogP contribution in [0.2, 0.25) is 5.02 Å². The molecule has 2 aromatic rings. The first-order valence-electron chi connectivity index (χ1n) is 5.90. The number of benzene rings is 1. The van der Waals surface area contributed by atoms with Gasteiger partial charge in [-0.1, -0.05) is 56.6 Å². The van der Waals surface area contributed by atoms with E-state index in [0.717, 1.165) is 14.9 Å². The maximum atomic E-state index is 12.6. The van der Waals surface area contributed by atoms with Gasteiger partial charge in [-0.15, -0.1) is 11.3 Å². The van der Waals surface area contributed by atoms with Gasteiger partial charge in [0.25, 0.3) is 0 Å². The van der Waals surface area contributed by atoms with Crippen LogP contribution in [-0.2, 0) is 5.41 Å². The average molecular weight is 358 g/mol. The summed E-state index contributed by atoms with van der Waals surface area (Å²) in [5, 5.41) is 0.585. The molecule has 2 rings (SSSR count). The molecule has 0 saturated heterocycles. The first kappa shape index (κ1) is 14.8. The van der Waals surface area contributed by atoms with Gasteiger partial charge >= 0.3 is 0 Å². The maximum Gasteiger partial charge on any atom is 0.203 e. The molecule has 100 valence electrons. The van der Waals surface area contributed by atoms with Crippen LogP contribution in [0.15, 0.2) is 34.1 Å². The quantitative estimate of drug-likeness (QED) is 0.631. The van der Waals surface area contributed by atoms with Crippen molar-refractivity contribution in [1.82, 2.24) is 0 Å². The molecule has 1 nitrogen and oxygen atoms in total. The molecule has 0 unspecified atom stereocenters. The molecule has 1 heterocycles. The number of carbonyl (C=O) groups is 1. The van der Waals surface area contributed by atoms with E-state index in [2.05, 4.69) is 36.7 Å². The normalized spacial score (nSPS) is 11.6. The summed E-state index contributed by atoms with van der Waals surface area (Å²) in [6.45, 7) is 6.32. The van der Waals surface area contributed by atoms with E-state index in [4.69, 9.17) is 11.6 Å². The lowest BCUT2D eigenvalue weighted by molar-refractivity contribution is 0.104. The molecule has 0 bridgehead atoms. The van der Waals surface area contributed by atoms with Crippen molar-refractivity contribution >= 4 is 44.7 Å². The summed E-state index contributed by atoms with van der Waals surface area (Å²) in [7, 11) is 0. The molecule has 0 aliphatic rings. The number of thiophene rings is 1. The molecule has 0 spiro atoms. The number of carbonyl (C=O) groups excluding carboxylic acids is 1. The molecule has 0 N–H and O–H groups in total. The van der Waals surface area contributed by atoms with Crippen molar-refractivity contribution in [2.24, 2.45) is 0 Å². The van der Waals surface area contributed by atoms with Crippen LogP contribution in [0.25, 0.3) is 0 Å². The predicted octanol–water partition coefficient (Wildman–Crippen LogP) is 5.69. The third kappa shape index (κ3) is 3.10. The minimum Gasteiger partial charge on any atom is -0.288 e. The van der Waals surface area contributed by atoms with Crippen molar-refractivity contribution in [2.45, 2.75) is 26.2 Å². The van der Waals surface area contributed by atoms with Gasteiger partial charge in [0.1, 0.15) is 0 Å². The van der Waals surface area contributed by atoms with Crippen molar-refractivity contribution in [2.75, 3.05) is 0 Å². The predicted molar refractivity (Wildman–Crippen MR) is 85.6 cm³/mol. The van der Waals surface area contributed by atoms with E-state index in [1.165, 1.54) is 11.3 Å². The zero-order chi connectivity index (χ0) is 14.2. The Morgan fingerprint density at radius 2 is 1.89 bits per heavy atom. The highest BCUT2D eigenvalue weighted by molar-refractivity contribution is 9.11. The topological polar surface area (TPSA) is 17.1 Å². The summed E-state index contributed by atoms with van der Waals surface area (Å²) in [4.78, 5) is 13.3. The minimum absolute atomic E-state index is 0.0307. The van der Waals surface area contributed by atoms with Gasteiger partial charge in [0.2, 0.25) is 5.78 Å². The lowest BCUT2D eigenvalue weighted by Gasteiger charge is -2.21. The fourth-order valence-corrected chi connectivity index (χ4v) is 3.58. The minimum atomic E-state index is -0.0649. The van der Waals surface area contributed by atoms with E-state index in [9.17, 15) is 4.79 Å². The van der Waals surface area contributed by atoms with Crippen molar-refractivity contribution in [3.63, 3.8) is 0 Å². The molecule has 19 heavy (non-hydrogen) atoms. The second-order valence-electron chi connectivity index (χ2n) is 5.36. The van der Waals surface area contributed by atoms with E-state index < -0.39 is 0 Å².